The molecule has 2 rings (SSSR count). The van der Waals surface area contributed by atoms with Crippen LogP contribution >= 0.6 is 23.2 Å². The molecule has 0 bridgehead atoms. The Hall–Kier alpha value is -2.04. The Bertz CT molecular complexity index is 806. The number of halogens is 2. The Kier molecular flexibility index (Phi) is 8.34. The number of benzene rings is 2. The van der Waals surface area contributed by atoms with Gasteiger partial charge in [-0.05, 0) is 48.2 Å². The molecule has 0 aliphatic carbocycles. The minimum absolute atomic E-state index is 0.130. The molecule has 0 heterocycles. The summed E-state index contributed by atoms with van der Waals surface area (Å²) >= 11 is 12.0. The highest BCUT2D eigenvalue weighted by Gasteiger charge is 2.26. The molecule has 1 atom stereocenters. The fraction of sp³-hybridized carbons (Fsp3) is 0.364. The molecule has 0 radical (unpaired) electrons. The van der Waals surface area contributed by atoms with Gasteiger partial charge in [-0.1, -0.05) is 61.3 Å². The highest BCUT2D eigenvalue weighted by Crippen LogP contribution is 2.17. The second-order valence-corrected chi connectivity index (χ2v) is 8.14. The SMILES string of the molecule is CC(C)CNC(=O)[C@H](C)N(Cc1cccc(Cl)c1)C(=O)Cc1ccc(Cl)cc1. The molecule has 2 aromatic rings. The maximum atomic E-state index is 13.1. The Morgan fingerprint density at radius 3 is 2.25 bits per heavy atom. The minimum atomic E-state index is -0.600. The largest absolute Gasteiger partial charge is 0.354 e. The average Bonchev–Trinajstić information content (AvgIpc) is 2.65. The summed E-state index contributed by atoms with van der Waals surface area (Å²) in [6, 6.07) is 13.9. The van der Waals surface area contributed by atoms with Gasteiger partial charge in [0.05, 0.1) is 6.42 Å². The summed E-state index contributed by atoms with van der Waals surface area (Å²) in [5.74, 6) is 0.0389. The van der Waals surface area contributed by atoms with Crippen molar-refractivity contribution in [2.45, 2.75) is 39.8 Å². The lowest BCUT2D eigenvalue weighted by molar-refractivity contribution is -0.140. The van der Waals surface area contributed by atoms with Crippen LogP contribution in [0.4, 0.5) is 0 Å². The van der Waals surface area contributed by atoms with Gasteiger partial charge in [0.25, 0.3) is 0 Å². The van der Waals surface area contributed by atoms with Crippen molar-refractivity contribution in [2.75, 3.05) is 6.54 Å². The van der Waals surface area contributed by atoms with Crippen LogP contribution in [0.1, 0.15) is 31.9 Å². The van der Waals surface area contributed by atoms with Crippen LogP contribution in [0.3, 0.4) is 0 Å². The van der Waals surface area contributed by atoms with Crippen LogP contribution in [-0.4, -0.2) is 29.3 Å². The maximum Gasteiger partial charge on any atom is 0.242 e. The second-order valence-electron chi connectivity index (χ2n) is 7.27. The highest BCUT2D eigenvalue weighted by atomic mass is 35.5. The first-order valence-electron chi connectivity index (χ1n) is 9.32. The predicted molar refractivity (Wildman–Crippen MR) is 114 cm³/mol. The van der Waals surface area contributed by atoms with Crippen molar-refractivity contribution in [1.29, 1.82) is 0 Å². The molecule has 4 nitrogen and oxygen atoms in total. The Morgan fingerprint density at radius 1 is 0.964 bits per heavy atom. The average molecular weight is 421 g/mol. The smallest absolute Gasteiger partial charge is 0.242 e. The summed E-state index contributed by atoms with van der Waals surface area (Å²) in [5.41, 5.74) is 1.72. The van der Waals surface area contributed by atoms with Crippen LogP contribution in [0.25, 0.3) is 0 Å². The number of carbonyl (C=O) groups is 2. The molecular formula is C22H26Cl2N2O2. The minimum Gasteiger partial charge on any atom is -0.354 e. The Morgan fingerprint density at radius 2 is 1.64 bits per heavy atom. The number of amides is 2. The summed E-state index contributed by atoms with van der Waals surface area (Å²) in [6.07, 6.45) is 0.194. The van der Waals surface area contributed by atoms with E-state index in [2.05, 4.69) is 5.32 Å². The summed E-state index contributed by atoms with van der Waals surface area (Å²) < 4.78 is 0. The highest BCUT2D eigenvalue weighted by molar-refractivity contribution is 6.30. The quantitative estimate of drug-likeness (QED) is 0.670. The lowest BCUT2D eigenvalue weighted by Crippen LogP contribution is -2.48. The molecule has 0 saturated heterocycles. The number of nitrogens with one attached hydrogen (secondary N) is 1. The number of hydrogen-bond donors (Lipinski definition) is 1. The lowest BCUT2D eigenvalue weighted by Gasteiger charge is -2.29. The molecular weight excluding hydrogens is 395 g/mol. The summed E-state index contributed by atoms with van der Waals surface area (Å²) in [4.78, 5) is 27.2. The molecule has 0 saturated carbocycles. The van der Waals surface area contributed by atoms with Gasteiger partial charge in [-0.25, -0.2) is 0 Å². The van der Waals surface area contributed by atoms with E-state index in [4.69, 9.17) is 23.2 Å². The first-order chi connectivity index (χ1) is 13.3. The van der Waals surface area contributed by atoms with E-state index < -0.39 is 6.04 Å². The topological polar surface area (TPSA) is 49.4 Å². The van der Waals surface area contributed by atoms with Crippen molar-refractivity contribution in [1.82, 2.24) is 10.2 Å². The van der Waals surface area contributed by atoms with E-state index in [0.29, 0.717) is 29.1 Å². The monoisotopic (exact) mass is 420 g/mol. The third kappa shape index (κ3) is 6.84. The molecule has 6 heteroatoms. The molecule has 0 fully saturated rings. The van der Waals surface area contributed by atoms with Gasteiger partial charge < -0.3 is 10.2 Å². The Balaban J connectivity index is 2.19. The first kappa shape index (κ1) is 22.3. The van der Waals surface area contributed by atoms with Crippen molar-refractivity contribution in [3.8, 4) is 0 Å². The van der Waals surface area contributed by atoms with E-state index in [1.165, 1.54) is 0 Å². The van der Waals surface area contributed by atoms with Crippen LogP contribution in [0.2, 0.25) is 10.0 Å². The summed E-state index contributed by atoms with van der Waals surface area (Å²) in [6.45, 7) is 6.68. The zero-order chi connectivity index (χ0) is 20.7. The number of nitrogens with zero attached hydrogens (tertiary/aromatic N) is 1. The molecule has 0 unspecified atom stereocenters. The van der Waals surface area contributed by atoms with Crippen LogP contribution in [0.15, 0.2) is 48.5 Å². The van der Waals surface area contributed by atoms with Crippen LogP contribution < -0.4 is 5.32 Å². The van der Waals surface area contributed by atoms with Crippen molar-refractivity contribution in [3.05, 3.63) is 69.7 Å². The lowest BCUT2D eigenvalue weighted by atomic mass is 10.1. The molecule has 0 aliphatic rings. The predicted octanol–water partition coefficient (Wildman–Crippen LogP) is 4.73. The van der Waals surface area contributed by atoms with Gasteiger partial charge in [0.15, 0.2) is 0 Å². The molecule has 28 heavy (non-hydrogen) atoms. The van der Waals surface area contributed by atoms with Crippen LogP contribution in [0.5, 0.6) is 0 Å². The van der Waals surface area contributed by atoms with Gasteiger partial charge in [-0.2, -0.15) is 0 Å². The Labute approximate surface area is 176 Å². The number of hydrogen-bond acceptors (Lipinski definition) is 2. The number of carbonyl (C=O) groups excluding carboxylic acids is 2. The third-order valence-corrected chi connectivity index (χ3v) is 4.85. The second kappa shape index (κ2) is 10.5. The summed E-state index contributed by atoms with van der Waals surface area (Å²) in [5, 5.41) is 4.13. The standard InChI is InChI=1S/C22H26Cl2N2O2/c1-15(2)13-25-22(28)16(3)26(14-18-5-4-6-20(24)11-18)21(27)12-17-7-9-19(23)10-8-17/h4-11,15-16H,12-14H2,1-3H3,(H,25,28)/t16-/m0/s1. The molecule has 2 aromatic carbocycles. The fourth-order valence-electron chi connectivity index (χ4n) is 2.75. The number of rotatable bonds is 8. The fourth-order valence-corrected chi connectivity index (χ4v) is 3.08. The van der Waals surface area contributed by atoms with E-state index in [1.807, 2.05) is 44.2 Å². The van der Waals surface area contributed by atoms with Gasteiger partial charge >= 0.3 is 0 Å². The zero-order valence-corrected chi connectivity index (χ0v) is 17.9. The molecule has 0 aromatic heterocycles. The molecule has 150 valence electrons. The summed E-state index contributed by atoms with van der Waals surface area (Å²) in [7, 11) is 0. The van der Waals surface area contributed by atoms with Gasteiger partial charge in [0.1, 0.15) is 6.04 Å². The zero-order valence-electron chi connectivity index (χ0n) is 16.4. The van der Waals surface area contributed by atoms with Crippen LogP contribution in [0, 0.1) is 5.92 Å². The van der Waals surface area contributed by atoms with E-state index in [-0.39, 0.29) is 18.2 Å². The van der Waals surface area contributed by atoms with Gasteiger partial charge in [0.2, 0.25) is 11.8 Å². The first-order valence-corrected chi connectivity index (χ1v) is 10.1. The van der Waals surface area contributed by atoms with E-state index >= 15 is 0 Å². The van der Waals surface area contributed by atoms with E-state index in [1.54, 1.807) is 30.0 Å². The van der Waals surface area contributed by atoms with E-state index in [9.17, 15) is 9.59 Å². The van der Waals surface area contributed by atoms with Crippen molar-refractivity contribution < 1.29 is 9.59 Å². The van der Waals surface area contributed by atoms with E-state index in [0.717, 1.165) is 11.1 Å². The van der Waals surface area contributed by atoms with Crippen LogP contribution in [-0.2, 0) is 22.6 Å². The third-order valence-electron chi connectivity index (χ3n) is 4.36. The van der Waals surface area contributed by atoms with Gasteiger partial charge in [-0.3, -0.25) is 9.59 Å². The molecule has 2 amide bonds. The van der Waals surface area contributed by atoms with Crippen molar-refractivity contribution >= 4 is 35.0 Å². The molecule has 0 spiro atoms. The van der Waals surface area contributed by atoms with Gasteiger partial charge in [-0.15, -0.1) is 0 Å². The maximum absolute atomic E-state index is 13.1. The molecule has 1 N–H and O–H groups in total. The normalized spacial score (nSPS) is 11.9. The van der Waals surface area contributed by atoms with Gasteiger partial charge in [0, 0.05) is 23.1 Å². The molecule has 0 aliphatic heterocycles. The van der Waals surface area contributed by atoms with Crippen molar-refractivity contribution in [3.63, 3.8) is 0 Å². The van der Waals surface area contributed by atoms with Crippen molar-refractivity contribution in [2.24, 2.45) is 5.92 Å².